The Labute approximate surface area is 128 Å². The smallest absolute Gasteiger partial charge is 0.263 e. The van der Waals surface area contributed by atoms with Crippen molar-refractivity contribution in [1.82, 2.24) is 10.2 Å². The molecule has 1 aromatic heterocycles. The fourth-order valence-electron chi connectivity index (χ4n) is 3.11. The van der Waals surface area contributed by atoms with Crippen LogP contribution in [0.4, 0.5) is 0 Å². The maximum Gasteiger partial charge on any atom is 0.263 e. The van der Waals surface area contributed by atoms with Crippen LogP contribution in [0, 0.1) is 0 Å². The van der Waals surface area contributed by atoms with Crippen molar-refractivity contribution < 1.29 is 4.79 Å². The molecule has 1 N–H and O–H groups in total. The molecule has 0 saturated carbocycles. The molecule has 0 aromatic carbocycles. The standard InChI is InChI=1S/C13H17ClN2OS.ClH/c1-16(13(17)11-4-5-12(14)18-11)10-6-8-2-3-9(7-10)15-8;/h4-5,8-10,15H,2-3,6-7H2,1H3;1H. The maximum absolute atomic E-state index is 12.3. The number of thiophene rings is 1. The Morgan fingerprint density at radius 2 is 2.00 bits per heavy atom. The van der Waals surface area contributed by atoms with Crippen LogP contribution in [0.25, 0.3) is 0 Å². The fraction of sp³-hybridized carbons (Fsp3) is 0.615. The van der Waals surface area contributed by atoms with Gasteiger partial charge in [0.25, 0.3) is 5.91 Å². The van der Waals surface area contributed by atoms with Gasteiger partial charge in [0.05, 0.1) is 9.21 Å². The SMILES string of the molecule is CN(C(=O)c1ccc(Cl)s1)C1CC2CCC(C1)N2.Cl. The summed E-state index contributed by atoms with van der Waals surface area (Å²) in [6.07, 6.45) is 4.68. The molecule has 2 aliphatic heterocycles. The Bertz CT molecular complexity index is 453. The molecule has 2 fully saturated rings. The molecule has 1 aromatic rings. The van der Waals surface area contributed by atoms with Crippen molar-refractivity contribution in [3.8, 4) is 0 Å². The largest absolute Gasteiger partial charge is 0.338 e. The summed E-state index contributed by atoms with van der Waals surface area (Å²) in [6, 6.07) is 5.20. The van der Waals surface area contributed by atoms with Crippen LogP contribution in [0.2, 0.25) is 4.34 Å². The first kappa shape index (κ1) is 15.1. The van der Waals surface area contributed by atoms with E-state index in [9.17, 15) is 4.79 Å². The quantitative estimate of drug-likeness (QED) is 0.907. The Kier molecular flexibility index (Phi) is 4.77. The van der Waals surface area contributed by atoms with Gasteiger partial charge in [0.2, 0.25) is 0 Å². The molecule has 2 atom stereocenters. The highest BCUT2D eigenvalue weighted by Gasteiger charge is 2.36. The van der Waals surface area contributed by atoms with Crippen molar-refractivity contribution in [3.63, 3.8) is 0 Å². The number of nitrogens with zero attached hydrogens (tertiary/aromatic N) is 1. The van der Waals surface area contributed by atoms with Crippen molar-refractivity contribution in [2.75, 3.05) is 7.05 Å². The summed E-state index contributed by atoms with van der Waals surface area (Å²) in [7, 11) is 1.92. The number of hydrogen-bond acceptors (Lipinski definition) is 3. The number of carbonyl (C=O) groups is 1. The van der Waals surface area contributed by atoms with Crippen molar-refractivity contribution in [1.29, 1.82) is 0 Å². The monoisotopic (exact) mass is 320 g/mol. The second-order valence-electron chi connectivity index (χ2n) is 5.28. The summed E-state index contributed by atoms with van der Waals surface area (Å²) >= 11 is 7.25. The van der Waals surface area contributed by atoms with Gasteiger partial charge in [-0.05, 0) is 37.8 Å². The third-order valence-electron chi connectivity index (χ3n) is 4.10. The van der Waals surface area contributed by atoms with Crippen molar-refractivity contribution in [3.05, 3.63) is 21.3 Å². The normalized spacial score (nSPS) is 28.8. The van der Waals surface area contributed by atoms with Crippen molar-refractivity contribution in [2.24, 2.45) is 0 Å². The Balaban J connectivity index is 0.00000133. The number of nitrogens with one attached hydrogen (secondary N) is 1. The molecule has 19 heavy (non-hydrogen) atoms. The van der Waals surface area contributed by atoms with Crippen molar-refractivity contribution >= 4 is 41.3 Å². The minimum atomic E-state index is 0. The zero-order valence-electron chi connectivity index (χ0n) is 10.8. The van der Waals surface area contributed by atoms with Crippen LogP contribution < -0.4 is 5.32 Å². The van der Waals surface area contributed by atoms with Gasteiger partial charge in [-0.1, -0.05) is 11.6 Å². The Morgan fingerprint density at radius 1 is 1.37 bits per heavy atom. The third kappa shape index (κ3) is 3.07. The highest BCUT2D eigenvalue weighted by atomic mass is 35.5. The van der Waals surface area contributed by atoms with Gasteiger partial charge in [0.1, 0.15) is 0 Å². The minimum absolute atomic E-state index is 0. The van der Waals surface area contributed by atoms with Gasteiger partial charge in [-0.3, -0.25) is 4.79 Å². The van der Waals surface area contributed by atoms with Crippen LogP contribution in [-0.4, -0.2) is 36.0 Å². The average molecular weight is 321 g/mol. The van der Waals surface area contributed by atoms with Gasteiger partial charge in [0.15, 0.2) is 0 Å². The van der Waals surface area contributed by atoms with Crippen LogP contribution in [-0.2, 0) is 0 Å². The molecular weight excluding hydrogens is 303 g/mol. The van der Waals surface area contributed by atoms with E-state index in [0.29, 0.717) is 22.5 Å². The predicted octanol–water partition coefficient (Wildman–Crippen LogP) is 3.18. The van der Waals surface area contributed by atoms with Crippen LogP contribution in [0.1, 0.15) is 35.4 Å². The Morgan fingerprint density at radius 3 is 2.53 bits per heavy atom. The van der Waals surface area contributed by atoms with E-state index in [0.717, 1.165) is 17.7 Å². The van der Waals surface area contributed by atoms with E-state index in [1.165, 1.54) is 24.2 Å². The summed E-state index contributed by atoms with van der Waals surface area (Å²) in [5.74, 6) is 0.109. The maximum atomic E-state index is 12.3. The first-order valence-electron chi connectivity index (χ1n) is 6.42. The number of hydrogen-bond donors (Lipinski definition) is 1. The molecule has 2 aliphatic rings. The molecule has 0 radical (unpaired) electrons. The second-order valence-corrected chi connectivity index (χ2v) is 7.00. The molecular formula is C13H18Cl2N2OS. The molecule has 3 nitrogen and oxygen atoms in total. The van der Waals surface area contributed by atoms with Gasteiger partial charge in [0, 0.05) is 25.2 Å². The topological polar surface area (TPSA) is 32.3 Å². The zero-order chi connectivity index (χ0) is 12.7. The second kappa shape index (κ2) is 6.00. The number of rotatable bonds is 2. The van der Waals surface area contributed by atoms with Gasteiger partial charge in [-0.25, -0.2) is 0 Å². The molecule has 2 saturated heterocycles. The van der Waals surface area contributed by atoms with Crippen LogP contribution in [0.5, 0.6) is 0 Å². The van der Waals surface area contributed by atoms with E-state index >= 15 is 0 Å². The minimum Gasteiger partial charge on any atom is -0.338 e. The van der Waals surface area contributed by atoms with E-state index < -0.39 is 0 Å². The predicted molar refractivity (Wildman–Crippen MR) is 81.6 cm³/mol. The lowest BCUT2D eigenvalue weighted by Gasteiger charge is -2.35. The van der Waals surface area contributed by atoms with Gasteiger partial charge >= 0.3 is 0 Å². The van der Waals surface area contributed by atoms with Crippen molar-refractivity contribution in [2.45, 2.75) is 43.8 Å². The molecule has 0 spiro atoms. The summed E-state index contributed by atoms with van der Waals surface area (Å²) < 4.78 is 0.678. The first-order chi connectivity index (χ1) is 8.63. The molecule has 106 valence electrons. The van der Waals surface area contributed by atoms with E-state index in [-0.39, 0.29) is 18.3 Å². The number of fused-ring (bicyclic) bond motifs is 2. The molecule has 2 bridgehead atoms. The van der Waals surface area contributed by atoms with E-state index in [4.69, 9.17) is 11.6 Å². The molecule has 3 heterocycles. The van der Waals surface area contributed by atoms with Crippen LogP contribution >= 0.6 is 35.3 Å². The van der Waals surface area contributed by atoms with E-state index in [2.05, 4.69) is 5.32 Å². The zero-order valence-corrected chi connectivity index (χ0v) is 13.2. The van der Waals surface area contributed by atoms with E-state index in [1.807, 2.05) is 18.0 Å². The number of halogens is 2. The number of amides is 1. The fourth-order valence-corrected chi connectivity index (χ4v) is 4.14. The molecule has 3 rings (SSSR count). The third-order valence-corrected chi connectivity index (χ3v) is 5.32. The number of carbonyl (C=O) groups excluding carboxylic acids is 1. The first-order valence-corrected chi connectivity index (χ1v) is 7.61. The van der Waals surface area contributed by atoms with Crippen LogP contribution in [0.15, 0.2) is 12.1 Å². The van der Waals surface area contributed by atoms with Gasteiger partial charge < -0.3 is 10.2 Å². The highest BCUT2D eigenvalue weighted by Crippen LogP contribution is 2.31. The van der Waals surface area contributed by atoms with Crippen LogP contribution in [0.3, 0.4) is 0 Å². The molecule has 1 amide bonds. The van der Waals surface area contributed by atoms with Gasteiger partial charge in [-0.15, -0.1) is 23.7 Å². The lowest BCUT2D eigenvalue weighted by atomic mass is 9.98. The summed E-state index contributed by atoms with van der Waals surface area (Å²) in [5.41, 5.74) is 0. The lowest BCUT2D eigenvalue weighted by molar-refractivity contribution is 0.0686. The molecule has 6 heteroatoms. The van der Waals surface area contributed by atoms with Gasteiger partial charge in [-0.2, -0.15) is 0 Å². The highest BCUT2D eigenvalue weighted by molar-refractivity contribution is 7.17. The molecule has 2 unspecified atom stereocenters. The summed E-state index contributed by atoms with van der Waals surface area (Å²) in [5, 5.41) is 3.60. The summed E-state index contributed by atoms with van der Waals surface area (Å²) in [4.78, 5) is 15.0. The summed E-state index contributed by atoms with van der Waals surface area (Å²) in [6.45, 7) is 0. The molecule has 0 aliphatic carbocycles. The lowest BCUT2D eigenvalue weighted by Crippen LogP contribution is -2.48. The Hall–Kier alpha value is -0.290. The average Bonchev–Trinajstić information content (AvgIpc) is 2.94. The number of piperidine rings is 1. The van der Waals surface area contributed by atoms with E-state index in [1.54, 1.807) is 6.07 Å².